The monoisotopic (exact) mass is 236 g/mol. The molecule has 1 aliphatic rings. The Morgan fingerprint density at radius 3 is 3.06 bits per heavy atom. The van der Waals surface area contributed by atoms with Crippen molar-refractivity contribution in [2.45, 2.75) is 25.8 Å². The van der Waals surface area contributed by atoms with Crippen LogP contribution in [0.1, 0.15) is 31.6 Å². The van der Waals surface area contributed by atoms with Gasteiger partial charge in [0.15, 0.2) is 0 Å². The van der Waals surface area contributed by atoms with Crippen LogP contribution < -0.4 is 10.6 Å². The van der Waals surface area contributed by atoms with E-state index in [1.54, 1.807) is 12.4 Å². The van der Waals surface area contributed by atoms with Crippen LogP contribution in [-0.4, -0.2) is 28.3 Å². The van der Waals surface area contributed by atoms with Gasteiger partial charge in [0.05, 0.1) is 12.0 Å². The zero-order valence-electron chi connectivity index (χ0n) is 9.69. The lowest BCUT2D eigenvalue weighted by molar-refractivity contribution is -0.129. The fourth-order valence-corrected chi connectivity index (χ4v) is 1.87. The first-order valence-electron chi connectivity index (χ1n) is 5.73. The van der Waals surface area contributed by atoms with Crippen LogP contribution in [-0.2, 0) is 9.59 Å². The Hall–Kier alpha value is -1.85. The number of carbonyl (C=O) groups is 2. The number of piperidine rings is 1. The van der Waals surface area contributed by atoms with Crippen molar-refractivity contribution >= 4 is 11.8 Å². The third-order valence-corrected chi connectivity index (χ3v) is 2.92. The summed E-state index contributed by atoms with van der Waals surface area (Å²) in [5.41, 5.74) is 0. The van der Waals surface area contributed by atoms with Crippen LogP contribution >= 0.6 is 0 Å². The fraction of sp³-hybridized carbons (Fsp3) is 0.545. The van der Waals surface area contributed by atoms with Crippen LogP contribution in [0.5, 0.6) is 0 Å². The molecule has 0 spiro atoms. The lowest BCUT2D eigenvalue weighted by Crippen LogP contribution is -2.43. The molecule has 2 unspecified atom stereocenters. The highest BCUT2D eigenvalue weighted by atomic mass is 16.2. The molecule has 0 radical (unpaired) electrons. The zero-order valence-corrected chi connectivity index (χ0v) is 9.69. The number of amides is 2. The number of aromatic amines is 1. The van der Waals surface area contributed by atoms with Crippen LogP contribution in [0.4, 0.5) is 0 Å². The number of hydrogen-bond acceptors (Lipinski definition) is 3. The maximum atomic E-state index is 11.9. The first-order chi connectivity index (χ1) is 8.16. The van der Waals surface area contributed by atoms with E-state index in [1.165, 1.54) is 0 Å². The highest BCUT2D eigenvalue weighted by Gasteiger charge is 2.25. The molecule has 2 amide bonds. The Morgan fingerprint density at radius 2 is 2.47 bits per heavy atom. The van der Waals surface area contributed by atoms with Gasteiger partial charge in [-0.05, 0) is 13.3 Å². The van der Waals surface area contributed by atoms with Crippen molar-refractivity contribution in [3.8, 4) is 0 Å². The van der Waals surface area contributed by atoms with Gasteiger partial charge in [0, 0.05) is 25.4 Å². The number of imidazole rings is 1. The summed E-state index contributed by atoms with van der Waals surface area (Å²) >= 11 is 0. The van der Waals surface area contributed by atoms with Gasteiger partial charge in [-0.1, -0.05) is 0 Å². The van der Waals surface area contributed by atoms with Gasteiger partial charge in [0.25, 0.3) is 0 Å². The Balaban J connectivity index is 1.86. The number of carbonyl (C=O) groups excluding carboxylic acids is 2. The van der Waals surface area contributed by atoms with Gasteiger partial charge in [0.1, 0.15) is 5.82 Å². The molecular formula is C11H16N4O2. The van der Waals surface area contributed by atoms with Gasteiger partial charge >= 0.3 is 0 Å². The van der Waals surface area contributed by atoms with E-state index < -0.39 is 0 Å². The third kappa shape index (κ3) is 2.83. The van der Waals surface area contributed by atoms with Gasteiger partial charge < -0.3 is 15.6 Å². The Morgan fingerprint density at radius 1 is 1.65 bits per heavy atom. The standard InChI is InChI=1S/C11H16N4O2/c1-7(10-12-4-5-13-10)15-11(17)8-2-3-9(16)14-6-8/h4-5,7-8H,2-3,6H2,1H3,(H,12,13)(H,14,16)(H,15,17). The topological polar surface area (TPSA) is 86.9 Å². The molecule has 92 valence electrons. The van der Waals surface area contributed by atoms with Crippen molar-refractivity contribution in [1.82, 2.24) is 20.6 Å². The normalized spacial score (nSPS) is 21.7. The molecule has 6 heteroatoms. The number of rotatable bonds is 3. The van der Waals surface area contributed by atoms with Crippen LogP contribution in [0.2, 0.25) is 0 Å². The number of nitrogens with zero attached hydrogens (tertiary/aromatic N) is 1. The fourth-order valence-electron chi connectivity index (χ4n) is 1.87. The first-order valence-corrected chi connectivity index (χ1v) is 5.73. The smallest absolute Gasteiger partial charge is 0.225 e. The quantitative estimate of drug-likeness (QED) is 0.696. The van der Waals surface area contributed by atoms with E-state index in [4.69, 9.17) is 0 Å². The summed E-state index contributed by atoms with van der Waals surface area (Å²) in [6.45, 7) is 2.30. The molecule has 2 heterocycles. The summed E-state index contributed by atoms with van der Waals surface area (Å²) in [5, 5.41) is 5.58. The molecule has 0 aromatic carbocycles. The second kappa shape index (κ2) is 4.99. The molecular weight excluding hydrogens is 220 g/mol. The summed E-state index contributed by atoms with van der Waals surface area (Å²) in [7, 11) is 0. The Kier molecular flexibility index (Phi) is 3.41. The maximum absolute atomic E-state index is 11.9. The van der Waals surface area contributed by atoms with Crippen molar-refractivity contribution in [2.24, 2.45) is 5.92 Å². The summed E-state index contributed by atoms with van der Waals surface area (Å²) in [4.78, 5) is 29.9. The summed E-state index contributed by atoms with van der Waals surface area (Å²) < 4.78 is 0. The molecule has 6 nitrogen and oxygen atoms in total. The van der Waals surface area contributed by atoms with Gasteiger partial charge in [-0.15, -0.1) is 0 Å². The predicted molar refractivity (Wildman–Crippen MR) is 60.9 cm³/mol. The van der Waals surface area contributed by atoms with Gasteiger partial charge in [0.2, 0.25) is 11.8 Å². The predicted octanol–water partition coefficient (Wildman–Crippen LogP) is 0.113. The first kappa shape index (κ1) is 11.6. The van der Waals surface area contributed by atoms with Crippen molar-refractivity contribution in [2.75, 3.05) is 6.54 Å². The number of hydrogen-bond donors (Lipinski definition) is 3. The summed E-state index contributed by atoms with van der Waals surface area (Å²) in [5.74, 6) is 0.588. The molecule has 1 aromatic heterocycles. The molecule has 0 saturated carbocycles. The largest absolute Gasteiger partial charge is 0.355 e. The second-order valence-corrected chi connectivity index (χ2v) is 4.24. The molecule has 2 rings (SSSR count). The molecule has 1 aromatic rings. The number of H-pyrrole nitrogens is 1. The Labute approximate surface area is 99.2 Å². The van der Waals surface area contributed by atoms with Crippen LogP contribution in [0.15, 0.2) is 12.4 Å². The molecule has 3 N–H and O–H groups in total. The van der Waals surface area contributed by atoms with Crippen molar-refractivity contribution in [3.63, 3.8) is 0 Å². The van der Waals surface area contributed by atoms with Crippen molar-refractivity contribution in [3.05, 3.63) is 18.2 Å². The van der Waals surface area contributed by atoms with E-state index in [0.29, 0.717) is 19.4 Å². The number of nitrogens with one attached hydrogen (secondary N) is 3. The second-order valence-electron chi connectivity index (χ2n) is 4.24. The van der Waals surface area contributed by atoms with Gasteiger partial charge in [-0.3, -0.25) is 9.59 Å². The molecule has 1 fully saturated rings. The Bertz CT molecular complexity index is 392. The van der Waals surface area contributed by atoms with Gasteiger partial charge in [-0.2, -0.15) is 0 Å². The van der Waals surface area contributed by atoms with Gasteiger partial charge in [-0.25, -0.2) is 4.98 Å². The van der Waals surface area contributed by atoms with Crippen LogP contribution in [0.25, 0.3) is 0 Å². The zero-order chi connectivity index (χ0) is 12.3. The van der Waals surface area contributed by atoms with E-state index in [0.717, 1.165) is 5.82 Å². The molecule has 2 atom stereocenters. The highest BCUT2D eigenvalue weighted by molar-refractivity contribution is 5.83. The van der Waals surface area contributed by atoms with E-state index in [1.807, 2.05) is 6.92 Å². The van der Waals surface area contributed by atoms with E-state index >= 15 is 0 Å². The van der Waals surface area contributed by atoms with Crippen molar-refractivity contribution < 1.29 is 9.59 Å². The molecule has 1 aliphatic heterocycles. The maximum Gasteiger partial charge on any atom is 0.225 e. The van der Waals surface area contributed by atoms with Crippen LogP contribution in [0, 0.1) is 5.92 Å². The average molecular weight is 236 g/mol. The highest BCUT2D eigenvalue weighted by Crippen LogP contribution is 2.13. The van der Waals surface area contributed by atoms with E-state index in [2.05, 4.69) is 20.6 Å². The minimum atomic E-state index is -0.143. The summed E-state index contributed by atoms with van der Waals surface area (Å²) in [6, 6.07) is -0.143. The minimum absolute atomic E-state index is 0.0214. The molecule has 1 saturated heterocycles. The van der Waals surface area contributed by atoms with Crippen LogP contribution in [0.3, 0.4) is 0 Å². The lowest BCUT2D eigenvalue weighted by Gasteiger charge is -2.23. The summed E-state index contributed by atoms with van der Waals surface area (Å²) in [6.07, 6.45) is 4.41. The van der Waals surface area contributed by atoms with E-state index in [9.17, 15) is 9.59 Å². The molecule has 17 heavy (non-hydrogen) atoms. The lowest BCUT2D eigenvalue weighted by atomic mass is 9.98. The van der Waals surface area contributed by atoms with E-state index in [-0.39, 0.29) is 23.8 Å². The third-order valence-electron chi connectivity index (χ3n) is 2.92. The SMILES string of the molecule is CC(NC(=O)C1CCC(=O)NC1)c1ncc[nH]1. The minimum Gasteiger partial charge on any atom is -0.355 e. The number of aromatic nitrogens is 2. The van der Waals surface area contributed by atoms with Crippen molar-refractivity contribution in [1.29, 1.82) is 0 Å². The molecule has 0 aliphatic carbocycles. The average Bonchev–Trinajstić information content (AvgIpc) is 2.83. The molecule has 0 bridgehead atoms.